The van der Waals surface area contributed by atoms with E-state index in [0.717, 1.165) is 14.5 Å². The van der Waals surface area contributed by atoms with Crippen molar-refractivity contribution in [2.45, 2.75) is 12.5 Å². The molecule has 0 spiro atoms. The SMILES string of the molecule is O=C(NC(CCl)Cc1ccccc1)c1cc(Br)ccc1Br. The van der Waals surface area contributed by atoms with Gasteiger partial charge in [-0.25, -0.2) is 0 Å². The van der Waals surface area contributed by atoms with Gasteiger partial charge in [0.2, 0.25) is 0 Å². The number of hydrogen-bond acceptors (Lipinski definition) is 1. The van der Waals surface area contributed by atoms with E-state index < -0.39 is 0 Å². The first kappa shape index (κ1) is 16.5. The Morgan fingerprint density at radius 1 is 1.14 bits per heavy atom. The van der Waals surface area contributed by atoms with E-state index in [1.165, 1.54) is 0 Å². The number of alkyl halides is 1. The van der Waals surface area contributed by atoms with Gasteiger partial charge in [0, 0.05) is 20.9 Å². The zero-order valence-electron chi connectivity index (χ0n) is 11.2. The van der Waals surface area contributed by atoms with Crippen molar-refractivity contribution >= 4 is 49.4 Å². The molecule has 110 valence electrons. The smallest absolute Gasteiger partial charge is 0.252 e. The summed E-state index contributed by atoms with van der Waals surface area (Å²) in [6.07, 6.45) is 0.710. The summed E-state index contributed by atoms with van der Waals surface area (Å²) in [5.74, 6) is 0.233. The lowest BCUT2D eigenvalue weighted by Crippen LogP contribution is -2.38. The van der Waals surface area contributed by atoms with E-state index in [1.807, 2.05) is 42.5 Å². The minimum absolute atomic E-state index is 0.104. The fourth-order valence-electron chi connectivity index (χ4n) is 1.98. The maximum atomic E-state index is 12.4. The molecule has 0 saturated carbocycles. The van der Waals surface area contributed by atoms with E-state index in [-0.39, 0.29) is 11.9 Å². The summed E-state index contributed by atoms with van der Waals surface area (Å²) in [6.45, 7) is 0. The fourth-order valence-corrected chi connectivity index (χ4v) is 2.95. The largest absolute Gasteiger partial charge is 0.348 e. The van der Waals surface area contributed by atoms with Crippen LogP contribution in [0.2, 0.25) is 0 Å². The molecule has 1 unspecified atom stereocenters. The van der Waals surface area contributed by atoms with Crippen molar-refractivity contribution < 1.29 is 4.79 Å². The van der Waals surface area contributed by atoms with Crippen molar-refractivity contribution in [3.63, 3.8) is 0 Å². The summed E-state index contributed by atoms with van der Waals surface area (Å²) in [4.78, 5) is 12.4. The number of carbonyl (C=O) groups is 1. The van der Waals surface area contributed by atoms with Gasteiger partial charge in [0.1, 0.15) is 0 Å². The lowest BCUT2D eigenvalue weighted by atomic mass is 10.1. The van der Waals surface area contributed by atoms with E-state index in [0.29, 0.717) is 17.9 Å². The van der Waals surface area contributed by atoms with E-state index in [4.69, 9.17) is 11.6 Å². The third kappa shape index (κ3) is 4.83. The van der Waals surface area contributed by atoms with Crippen molar-refractivity contribution in [3.05, 3.63) is 68.6 Å². The van der Waals surface area contributed by atoms with Crippen LogP contribution in [0, 0.1) is 0 Å². The number of carbonyl (C=O) groups excluding carboxylic acids is 1. The number of halogens is 3. The Morgan fingerprint density at radius 3 is 2.52 bits per heavy atom. The molecule has 1 N–H and O–H groups in total. The second-order valence-electron chi connectivity index (χ2n) is 4.64. The standard InChI is InChI=1S/C16H14Br2ClNO/c17-12-6-7-15(18)14(9-12)16(21)20-13(10-19)8-11-4-2-1-3-5-11/h1-7,9,13H,8,10H2,(H,20,21). The molecule has 0 radical (unpaired) electrons. The number of hydrogen-bond donors (Lipinski definition) is 1. The Balaban J connectivity index is 2.07. The average Bonchev–Trinajstić information content (AvgIpc) is 2.50. The zero-order valence-corrected chi connectivity index (χ0v) is 15.1. The van der Waals surface area contributed by atoms with E-state index >= 15 is 0 Å². The molecule has 2 nitrogen and oxygen atoms in total. The number of benzene rings is 2. The highest BCUT2D eigenvalue weighted by atomic mass is 79.9. The summed E-state index contributed by atoms with van der Waals surface area (Å²) >= 11 is 12.8. The predicted octanol–water partition coefficient (Wildman–Crippen LogP) is 4.79. The van der Waals surface area contributed by atoms with Gasteiger partial charge in [-0.3, -0.25) is 4.79 Å². The molecule has 0 aromatic heterocycles. The molecule has 5 heteroatoms. The molecule has 2 aromatic rings. The Bertz CT molecular complexity index is 619. The van der Waals surface area contributed by atoms with Gasteiger partial charge in [0.05, 0.1) is 5.56 Å². The first-order valence-electron chi connectivity index (χ1n) is 6.46. The molecule has 21 heavy (non-hydrogen) atoms. The molecule has 1 atom stereocenters. The fraction of sp³-hybridized carbons (Fsp3) is 0.188. The third-order valence-corrected chi connectivity index (χ3v) is 4.58. The maximum Gasteiger partial charge on any atom is 0.252 e. The van der Waals surface area contributed by atoms with Gasteiger partial charge in [-0.1, -0.05) is 46.3 Å². The van der Waals surface area contributed by atoms with Gasteiger partial charge in [-0.15, -0.1) is 11.6 Å². The Kier molecular flexibility index (Phi) is 6.27. The summed E-state index contributed by atoms with van der Waals surface area (Å²) in [5.41, 5.74) is 1.74. The van der Waals surface area contributed by atoms with Crippen LogP contribution in [-0.2, 0) is 6.42 Å². The van der Waals surface area contributed by atoms with Crippen LogP contribution in [0.5, 0.6) is 0 Å². The summed E-state index contributed by atoms with van der Waals surface area (Å²) in [6, 6.07) is 15.4. The average molecular weight is 432 g/mol. The van der Waals surface area contributed by atoms with Crippen molar-refractivity contribution in [1.29, 1.82) is 0 Å². The van der Waals surface area contributed by atoms with Gasteiger partial charge in [-0.2, -0.15) is 0 Å². The monoisotopic (exact) mass is 429 g/mol. The number of amides is 1. The van der Waals surface area contributed by atoms with Crippen LogP contribution in [0.1, 0.15) is 15.9 Å². The third-order valence-electron chi connectivity index (χ3n) is 3.02. The van der Waals surface area contributed by atoms with E-state index in [9.17, 15) is 4.79 Å². The molecule has 2 rings (SSSR count). The lowest BCUT2D eigenvalue weighted by Gasteiger charge is -2.17. The van der Waals surface area contributed by atoms with Gasteiger partial charge < -0.3 is 5.32 Å². The number of nitrogens with one attached hydrogen (secondary N) is 1. The zero-order chi connectivity index (χ0) is 15.2. The molecular weight excluding hydrogens is 417 g/mol. The molecule has 0 aliphatic carbocycles. The molecule has 0 aliphatic heterocycles. The van der Waals surface area contributed by atoms with Crippen LogP contribution in [-0.4, -0.2) is 17.8 Å². The van der Waals surface area contributed by atoms with Crippen LogP contribution in [0.4, 0.5) is 0 Å². The summed E-state index contributed by atoms with van der Waals surface area (Å²) < 4.78 is 1.62. The van der Waals surface area contributed by atoms with Crippen molar-refractivity contribution in [1.82, 2.24) is 5.32 Å². The van der Waals surface area contributed by atoms with Crippen molar-refractivity contribution in [2.24, 2.45) is 0 Å². The van der Waals surface area contributed by atoms with Gasteiger partial charge in [0.15, 0.2) is 0 Å². The van der Waals surface area contributed by atoms with Gasteiger partial charge in [0.25, 0.3) is 5.91 Å². The van der Waals surface area contributed by atoms with Crippen LogP contribution in [0.15, 0.2) is 57.5 Å². The Morgan fingerprint density at radius 2 is 1.86 bits per heavy atom. The highest BCUT2D eigenvalue weighted by Gasteiger charge is 2.16. The molecule has 0 saturated heterocycles. The van der Waals surface area contributed by atoms with Gasteiger partial charge in [-0.05, 0) is 46.1 Å². The molecule has 2 aromatic carbocycles. The van der Waals surface area contributed by atoms with Crippen LogP contribution < -0.4 is 5.32 Å². The molecule has 0 heterocycles. The lowest BCUT2D eigenvalue weighted by molar-refractivity contribution is 0.0939. The molecular formula is C16H14Br2ClNO. The normalized spacial score (nSPS) is 12.0. The van der Waals surface area contributed by atoms with E-state index in [1.54, 1.807) is 6.07 Å². The van der Waals surface area contributed by atoms with Crippen LogP contribution >= 0.6 is 43.5 Å². The Labute approximate surface area is 146 Å². The van der Waals surface area contributed by atoms with Gasteiger partial charge >= 0.3 is 0 Å². The quantitative estimate of drug-likeness (QED) is 0.678. The molecule has 0 fully saturated rings. The summed E-state index contributed by atoms with van der Waals surface area (Å²) in [7, 11) is 0. The number of rotatable bonds is 5. The first-order chi connectivity index (χ1) is 10.1. The first-order valence-corrected chi connectivity index (χ1v) is 8.58. The summed E-state index contributed by atoms with van der Waals surface area (Å²) in [5, 5.41) is 2.98. The second-order valence-corrected chi connectivity index (χ2v) is 6.72. The van der Waals surface area contributed by atoms with Crippen LogP contribution in [0.3, 0.4) is 0 Å². The van der Waals surface area contributed by atoms with Crippen molar-refractivity contribution in [3.8, 4) is 0 Å². The minimum atomic E-state index is -0.134. The molecule has 0 aliphatic rings. The maximum absolute atomic E-state index is 12.4. The highest BCUT2D eigenvalue weighted by molar-refractivity contribution is 9.11. The molecule has 0 bridgehead atoms. The Hall–Kier alpha value is -0.840. The van der Waals surface area contributed by atoms with Crippen LogP contribution in [0.25, 0.3) is 0 Å². The minimum Gasteiger partial charge on any atom is -0.348 e. The highest BCUT2D eigenvalue weighted by Crippen LogP contribution is 2.21. The van der Waals surface area contributed by atoms with Crippen molar-refractivity contribution in [2.75, 3.05) is 5.88 Å². The van der Waals surface area contributed by atoms with E-state index in [2.05, 4.69) is 37.2 Å². The second kappa shape index (κ2) is 7.97. The molecule has 1 amide bonds. The predicted molar refractivity (Wildman–Crippen MR) is 94.0 cm³/mol. The topological polar surface area (TPSA) is 29.1 Å².